The van der Waals surface area contributed by atoms with Crippen molar-refractivity contribution in [1.29, 1.82) is 0 Å². The van der Waals surface area contributed by atoms with Gasteiger partial charge >= 0.3 is 0 Å². The van der Waals surface area contributed by atoms with Gasteiger partial charge in [-0.25, -0.2) is 0 Å². The molecule has 0 spiro atoms. The molecule has 0 saturated carbocycles. The molecule has 0 saturated heterocycles. The Kier molecular flexibility index (Phi) is 3.48. The first-order chi connectivity index (χ1) is 6.66. The summed E-state index contributed by atoms with van der Waals surface area (Å²) in [6.07, 6.45) is 0. The van der Waals surface area contributed by atoms with E-state index in [9.17, 15) is 4.79 Å². The molecule has 0 aliphatic carbocycles. The fourth-order valence-electron chi connectivity index (χ4n) is 1.22. The van der Waals surface area contributed by atoms with Crippen molar-refractivity contribution in [2.24, 2.45) is 5.73 Å². The second-order valence-electron chi connectivity index (χ2n) is 2.80. The van der Waals surface area contributed by atoms with Crippen LogP contribution in [0, 0.1) is 0 Å². The Morgan fingerprint density at radius 3 is 2.71 bits per heavy atom. The fraction of sp³-hybridized carbons (Fsp3) is 0.300. The van der Waals surface area contributed by atoms with Gasteiger partial charge in [-0.2, -0.15) is 0 Å². The highest BCUT2D eigenvalue weighted by Crippen LogP contribution is 2.18. The molecule has 76 valence electrons. The lowest BCUT2D eigenvalue weighted by Gasteiger charge is -2.19. The molecule has 4 nitrogen and oxygen atoms in total. The molecule has 4 heteroatoms. The molecule has 2 N–H and O–H groups in total. The first-order valence-electron chi connectivity index (χ1n) is 4.42. The summed E-state index contributed by atoms with van der Waals surface area (Å²) in [5.74, 6) is -0.452. The lowest BCUT2D eigenvalue weighted by molar-refractivity contribution is 0.0993. The second kappa shape index (κ2) is 4.62. The molecular formula is C10H14N2O2. The van der Waals surface area contributed by atoms with Gasteiger partial charge in [0.15, 0.2) is 0 Å². The molecule has 0 unspecified atom stereocenters. The van der Waals surface area contributed by atoms with E-state index in [1.54, 1.807) is 30.3 Å². The summed E-state index contributed by atoms with van der Waals surface area (Å²) >= 11 is 0. The van der Waals surface area contributed by atoms with Crippen LogP contribution in [-0.2, 0) is 4.84 Å². The number of para-hydroxylation sites is 1. The number of nitrogens with zero attached hydrogens (tertiary/aromatic N) is 1. The summed E-state index contributed by atoms with van der Waals surface area (Å²) in [4.78, 5) is 16.3. The third kappa shape index (κ3) is 2.23. The van der Waals surface area contributed by atoms with Gasteiger partial charge in [0.05, 0.1) is 17.9 Å². The van der Waals surface area contributed by atoms with Gasteiger partial charge in [0.25, 0.3) is 5.91 Å². The van der Waals surface area contributed by atoms with Crippen LogP contribution < -0.4 is 10.8 Å². The number of carbonyl (C=O) groups excluding carboxylic acids is 1. The van der Waals surface area contributed by atoms with E-state index in [0.29, 0.717) is 17.9 Å². The van der Waals surface area contributed by atoms with Crippen LogP contribution in [0.15, 0.2) is 24.3 Å². The number of benzene rings is 1. The summed E-state index contributed by atoms with van der Waals surface area (Å²) in [6.45, 7) is 2.42. The zero-order chi connectivity index (χ0) is 10.6. The Morgan fingerprint density at radius 1 is 1.50 bits per heavy atom. The second-order valence-corrected chi connectivity index (χ2v) is 2.80. The van der Waals surface area contributed by atoms with Crippen molar-refractivity contribution < 1.29 is 9.63 Å². The van der Waals surface area contributed by atoms with E-state index in [4.69, 9.17) is 10.6 Å². The number of hydrogen-bond acceptors (Lipinski definition) is 3. The molecule has 0 aliphatic heterocycles. The number of anilines is 1. The molecular weight excluding hydrogens is 180 g/mol. The van der Waals surface area contributed by atoms with Crippen molar-refractivity contribution in [1.82, 2.24) is 0 Å². The SMILES string of the molecule is CCON(C)c1ccccc1C(N)=O. The summed E-state index contributed by atoms with van der Waals surface area (Å²) in [5, 5.41) is 1.54. The van der Waals surface area contributed by atoms with Gasteiger partial charge in [-0.1, -0.05) is 12.1 Å². The van der Waals surface area contributed by atoms with E-state index in [2.05, 4.69) is 0 Å². The van der Waals surface area contributed by atoms with Crippen LogP contribution in [0.1, 0.15) is 17.3 Å². The molecule has 0 aliphatic rings. The molecule has 1 aromatic carbocycles. The van der Waals surface area contributed by atoms with Crippen LogP contribution in [0.5, 0.6) is 0 Å². The van der Waals surface area contributed by atoms with E-state index in [-0.39, 0.29) is 0 Å². The predicted octanol–water partition coefficient (Wildman–Crippen LogP) is 1.17. The van der Waals surface area contributed by atoms with Gasteiger partial charge in [-0.15, -0.1) is 0 Å². The largest absolute Gasteiger partial charge is 0.366 e. The van der Waals surface area contributed by atoms with Crippen molar-refractivity contribution >= 4 is 11.6 Å². The minimum Gasteiger partial charge on any atom is -0.366 e. The predicted molar refractivity (Wildman–Crippen MR) is 55.0 cm³/mol. The molecule has 1 aromatic rings. The third-order valence-corrected chi connectivity index (χ3v) is 1.83. The Hall–Kier alpha value is -1.55. The molecule has 0 heterocycles. The quantitative estimate of drug-likeness (QED) is 0.732. The topological polar surface area (TPSA) is 55.6 Å². The van der Waals surface area contributed by atoms with Crippen LogP contribution >= 0.6 is 0 Å². The van der Waals surface area contributed by atoms with Gasteiger partial charge in [0.2, 0.25) is 0 Å². The van der Waals surface area contributed by atoms with Crippen molar-refractivity contribution in [3.8, 4) is 0 Å². The van der Waals surface area contributed by atoms with E-state index in [1.165, 1.54) is 0 Å². The number of primary amides is 1. The molecule has 0 radical (unpaired) electrons. The van der Waals surface area contributed by atoms with Gasteiger partial charge in [-0.05, 0) is 19.1 Å². The Balaban J connectivity index is 3.00. The van der Waals surface area contributed by atoms with Crippen LogP contribution in [0.4, 0.5) is 5.69 Å². The monoisotopic (exact) mass is 194 g/mol. The van der Waals surface area contributed by atoms with E-state index < -0.39 is 5.91 Å². The van der Waals surface area contributed by atoms with Crippen molar-refractivity contribution in [2.75, 3.05) is 18.7 Å². The Morgan fingerprint density at radius 2 is 2.14 bits per heavy atom. The number of rotatable bonds is 4. The Labute approximate surface area is 83.2 Å². The van der Waals surface area contributed by atoms with E-state index >= 15 is 0 Å². The highest BCUT2D eigenvalue weighted by Gasteiger charge is 2.10. The van der Waals surface area contributed by atoms with Gasteiger partial charge in [-0.3, -0.25) is 14.7 Å². The normalized spacial score (nSPS) is 9.86. The first kappa shape index (κ1) is 10.5. The maximum Gasteiger partial charge on any atom is 0.250 e. The molecule has 14 heavy (non-hydrogen) atoms. The molecule has 1 amide bonds. The van der Waals surface area contributed by atoms with Crippen LogP contribution in [0.3, 0.4) is 0 Å². The zero-order valence-corrected chi connectivity index (χ0v) is 8.36. The minimum absolute atomic E-state index is 0.452. The van der Waals surface area contributed by atoms with Crippen molar-refractivity contribution in [2.45, 2.75) is 6.92 Å². The average Bonchev–Trinajstić information content (AvgIpc) is 2.18. The maximum absolute atomic E-state index is 11.1. The highest BCUT2D eigenvalue weighted by atomic mass is 16.7. The molecule has 0 fully saturated rings. The van der Waals surface area contributed by atoms with Crippen molar-refractivity contribution in [3.63, 3.8) is 0 Å². The zero-order valence-electron chi connectivity index (χ0n) is 8.36. The lowest BCUT2D eigenvalue weighted by atomic mass is 10.1. The molecule has 0 atom stereocenters. The number of carbonyl (C=O) groups is 1. The third-order valence-electron chi connectivity index (χ3n) is 1.83. The maximum atomic E-state index is 11.1. The van der Waals surface area contributed by atoms with E-state index in [0.717, 1.165) is 0 Å². The lowest BCUT2D eigenvalue weighted by Crippen LogP contribution is -2.22. The fourth-order valence-corrected chi connectivity index (χ4v) is 1.22. The summed E-state index contributed by atoms with van der Waals surface area (Å²) < 4.78 is 0. The summed E-state index contributed by atoms with van der Waals surface area (Å²) in [5.41, 5.74) is 6.37. The standard InChI is InChI=1S/C10H14N2O2/c1-3-14-12(2)9-7-5-4-6-8(9)10(11)13/h4-7H,3H2,1-2H3,(H2,11,13). The first-order valence-corrected chi connectivity index (χ1v) is 4.42. The van der Waals surface area contributed by atoms with E-state index in [1.807, 2.05) is 13.0 Å². The van der Waals surface area contributed by atoms with Crippen molar-refractivity contribution in [3.05, 3.63) is 29.8 Å². The molecule has 0 aromatic heterocycles. The van der Waals surface area contributed by atoms with Gasteiger partial charge < -0.3 is 5.73 Å². The highest BCUT2D eigenvalue weighted by molar-refractivity contribution is 5.98. The van der Waals surface area contributed by atoms with Crippen LogP contribution in [0.25, 0.3) is 0 Å². The summed E-state index contributed by atoms with van der Waals surface area (Å²) in [6, 6.07) is 7.06. The number of hydroxylamine groups is 1. The number of amides is 1. The number of hydrogen-bond donors (Lipinski definition) is 1. The van der Waals surface area contributed by atoms with Gasteiger partial charge in [0, 0.05) is 7.05 Å². The van der Waals surface area contributed by atoms with Crippen LogP contribution in [-0.4, -0.2) is 19.6 Å². The van der Waals surface area contributed by atoms with Gasteiger partial charge in [0.1, 0.15) is 0 Å². The van der Waals surface area contributed by atoms with Crippen LogP contribution in [0.2, 0.25) is 0 Å². The molecule has 0 bridgehead atoms. The number of nitrogens with two attached hydrogens (primary N) is 1. The summed E-state index contributed by atoms with van der Waals surface area (Å²) in [7, 11) is 1.74. The average molecular weight is 194 g/mol. The Bertz CT molecular complexity index is 326. The minimum atomic E-state index is -0.452. The smallest absolute Gasteiger partial charge is 0.250 e. The molecule has 1 rings (SSSR count).